The largest absolute Gasteiger partial charge is 0.598 e. The van der Waals surface area contributed by atoms with Crippen molar-refractivity contribution in [3.63, 3.8) is 0 Å². The molecule has 228 valence electrons. The molecule has 14 heteroatoms. The van der Waals surface area contributed by atoms with E-state index in [2.05, 4.69) is 24.6 Å². The standard InChI is InChI=1S/C29H34ClN7O3S3/c1-28(2,3)43(39)35-26-25-19(34-17-41-25)13-29(26)7-9-36(10-8-29)21-14-32-22(15-31-21)42-20-6-5-18-23(24(20)30)27(38)37(16-33-18)11-12-40-4/h5-6,14-17,26,35H,7-13H2,1-4H3/t26-,43?/m0/s1. The Morgan fingerprint density at radius 1 is 1.21 bits per heavy atom. The van der Waals surface area contributed by atoms with Crippen molar-refractivity contribution in [1.82, 2.24) is 29.2 Å². The number of methoxy groups -OCH3 is 1. The summed E-state index contributed by atoms with van der Waals surface area (Å²) < 4.78 is 22.9. The molecule has 1 aromatic carbocycles. The Labute approximate surface area is 267 Å². The van der Waals surface area contributed by atoms with Crippen LogP contribution in [-0.4, -0.2) is 60.6 Å². The molecule has 1 aliphatic carbocycles. The fraction of sp³-hybridized carbons (Fsp3) is 0.483. The third-order valence-corrected chi connectivity index (χ3v) is 12.2. The summed E-state index contributed by atoms with van der Waals surface area (Å²) in [6, 6.07) is 3.69. The quantitative estimate of drug-likeness (QED) is 0.258. The van der Waals surface area contributed by atoms with Crippen LogP contribution < -0.4 is 15.2 Å². The highest BCUT2D eigenvalue weighted by Gasteiger charge is 2.52. The van der Waals surface area contributed by atoms with Crippen molar-refractivity contribution in [2.45, 2.75) is 67.3 Å². The van der Waals surface area contributed by atoms with Gasteiger partial charge >= 0.3 is 0 Å². The highest BCUT2D eigenvalue weighted by Crippen LogP contribution is 2.53. The number of ether oxygens (including phenoxy) is 1. The van der Waals surface area contributed by atoms with Gasteiger partial charge in [0.05, 0.1) is 65.0 Å². The fourth-order valence-electron chi connectivity index (χ4n) is 5.72. The van der Waals surface area contributed by atoms with E-state index in [0.717, 1.165) is 43.9 Å². The van der Waals surface area contributed by atoms with Crippen LogP contribution in [0.4, 0.5) is 5.82 Å². The molecule has 1 fully saturated rings. The van der Waals surface area contributed by atoms with Crippen molar-refractivity contribution in [1.29, 1.82) is 0 Å². The number of benzene rings is 1. The molecule has 0 amide bonds. The average molecular weight is 660 g/mol. The summed E-state index contributed by atoms with van der Waals surface area (Å²) in [6.45, 7) is 8.46. The number of rotatable bonds is 8. The zero-order valence-electron chi connectivity index (χ0n) is 24.5. The van der Waals surface area contributed by atoms with Crippen LogP contribution in [0.15, 0.2) is 51.1 Å². The first-order valence-corrected chi connectivity index (χ1v) is 17.3. The maximum atomic E-state index is 13.1. The van der Waals surface area contributed by atoms with Crippen molar-refractivity contribution in [3.8, 4) is 0 Å². The number of piperidine rings is 1. The predicted octanol–water partition coefficient (Wildman–Crippen LogP) is 5.03. The first kappa shape index (κ1) is 30.8. The monoisotopic (exact) mass is 659 g/mol. The van der Waals surface area contributed by atoms with Gasteiger partial charge in [-0.15, -0.1) is 16.1 Å². The van der Waals surface area contributed by atoms with E-state index in [1.165, 1.54) is 27.5 Å². The molecule has 1 unspecified atom stereocenters. The first-order valence-electron chi connectivity index (χ1n) is 14.1. The summed E-state index contributed by atoms with van der Waals surface area (Å²) in [5.74, 6) is 0.822. The first-order chi connectivity index (χ1) is 20.6. The summed E-state index contributed by atoms with van der Waals surface area (Å²) in [6.07, 6.45) is 7.85. The molecule has 1 saturated heterocycles. The zero-order chi connectivity index (χ0) is 30.4. The Hall–Kier alpha value is -2.26. The van der Waals surface area contributed by atoms with Gasteiger partial charge in [-0.1, -0.05) is 23.4 Å². The van der Waals surface area contributed by atoms with E-state index in [1.807, 2.05) is 32.3 Å². The number of nitrogens with one attached hydrogen (secondary N) is 1. The minimum atomic E-state index is -1.17. The fourth-order valence-corrected chi connectivity index (χ4v) is 8.85. The van der Waals surface area contributed by atoms with Crippen molar-refractivity contribution in [2.24, 2.45) is 5.41 Å². The number of aromatic nitrogens is 5. The van der Waals surface area contributed by atoms with Crippen LogP contribution in [0.2, 0.25) is 5.02 Å². The van der Waals surface area contributed by atoms with E-state index in [-0.39, 0.29) is 21.8 Å². The third-order valence-electron chi connectivity index (χ3n) is 8.19. The molecule has 0 saturated carbocycles. The van der Waals surface area contributed by atoms with Gasteiger partial charge in [-0.05, 0) is 52.2 Å². The van der Waals surface area contributed by atoms with Crippen LogP contribution in [0.3, 0.4) is 0 Å². The average Bonchev–Trinajstić information content (AvgIpc) is 3.54. The molecule has 2 aliphatic rings. The van der Waals surface area contributed by atoms with Gasteiger partial charge in [0.2, 0.25) is 0 Å². The lowest BCUT2D eigenvalue weighted by atomic mass is 9.74. The molecule has 1 aliphatic heterocycles. The van der Waals surface area contributed by atoms with Crippen LogP contribution >= 0.6 is 34.7 Å². The second-order valence-corrected chi connectivity index (χ2v) is 16.3. The molecule has 1 spiro atoms. The maximum Gasteiger partial charge on any atom is 0.262 e. The van der Waals surface area contributed by atoms with Crippen LogP contribution in [0, 0.1) is 5.41 Å². The maximum absolute atomic E-state index is 13.1. The lowest BCUT2D eigenvalue weighted by molar-refractivity contribution is 0.176. The van der Waals surface area contributed by atoms with Crippen molar-refractivity contribution in [2.75, 3.05) is 31.7 Å². The van der Waals surface area contributed by atoms with Gasteiger partial charge in [-0.25, -0.2) is 19.9 Å². The molecule has 6 rings (SSSR count). The summed E-state index contributed by atoms with van der Waals surface area (Å²) in [4.78, 5) is 35.7. The number of fused-ring (bicyclic) bond motifs is 2. The normalized spacial score (nSPS) is 18.8. The molecule has 4 aromatic rings. The number of anilines is 1. The SMILES string of the molecule is COCCn1cnc2ccc(Sc3cnc(N4CCC5(CC4)Cc4ncsc4[C@@H]5N[S+]([O-])C(C)(C)C)cn3)c(Cl)c2c1=O. The van der Waals surface area contributed by atoms with E-state index in [1.54, 1.807) is 36.9 Å². The smallest absolute Gasteiger partial charge is 0.262 e. The van der Waals surface area contributed by atoms with Crippen molar-refractivity contribution < 1.29 is 9.29 Å². The molecule has 0 radical (unpaired) electrons. The van der Waals surface area contributed by atoms with Gasteiger partial charge in [0.1, 0.15) is 15.6 Å². The highest BCUT2D eigenvalue weighted by atomic mass is 35.5. The molecule has 2 atom stereocenters. The number of hydrogen-bond acceptors (Lipinski definition) is 11. The van der Waals surface area contributed by atoms with E-state index in [0.29, 0.717) is 39.0 Å². The Bertz CT molecular complexity index is 1670. The Morgan fingerprint density at radius 3 is 2.70 bits per heavy atom. The van der Waals surface area contributed by atoms with E-state index >= 15 is 0 Å². The van der Waals surface area contributed by atoms with Crippen molar-refractivity contribution in [3.05, 3.63) is 62.3 Å². The highest BCUT2D eigenvalue weighted by molar-refractivity contribution is 7.99. The zero-order valence-corrected chi connectivity index (χ0v) is 27.7. The molecule has 0 bridgehead atoms. The topological polar surface area (TPSA) is 121 Å². The summed E-state index contributed by atoms with van der Waals surface area (Å²) in [7, 11) is 1.59. The van der Waals surface area contributed by atoms with Crippen LogP contribution in [-0.2, 0) is 29.1 Å². The molecule has 4 heterocycles. The summed E-state index contributed by atoms with van der Waals surface area (Å²) in [5.41, 5.74) is 3.37. The molecule has 1 N–H and O–H groups in total. The lowest BCUT2D eigenvalue weighted by Gasteiger charge is -2.43. The van der Waals surface area contributed by atoms with Crippen LogP contribution in [0.1, 0.15) is 50.2 Å². The third kappa shape index (κ3) is 6.05. The van der Waals surface area contributed by atoms with Crippen LogP contribution in [0.5, 0.6) is 0 Å². The van der Waals surface area contributed by atoms with E-state index < -0.39 is 11.4 Å². The summed E-state index contributed by atoms with van der Waals surface area (Å²) >= 11 is 8.58. The van der Waals surface area contributed by atoms with Crippen LogP contribution in [0.25, 0.3) is 10.9 Å². The van der Waals surface area contributed by atoms with Gasteiger partial charge in [0.15, 0.2) is 0 Å². The second kappa shape index (κ2) is 12.3. The Morgan fingerprint density at radius 2 is 2.00 bits per heavy atom. The second-order valence-electron chi connectivity index (χ2n) is 11.9. The van der Waals surface area contributed by atoms with Gasteiger partial charge in [0, 0.05) is 46.7 Å². The summed E-state index contributed by atoms with van der Waals surface area (Å²) in [5, 5.41) is 1.42. The number of nitrogens with zero attached hydrogens (tertiary/aromatic N) is 6. The van der Waals surface area contributed by atoms with Gasteiger partial charge in [-0.2, -0.15) is 0 Å². The lowest BCUT2D eigenvalue weighted by Crippen LogP contribution is -2.49. The molecule has 10 nitrogen and oxygen atoms in total. The Balaban J connectivity index is 1.15. The van der Waals surface area contributed by atoms with Gasteiger partial charge in [-0.3, -0.25) is 9.36 Å². The van der Waals surface area contributed by atoms with Crippen molar-refractivity contribution >= 4 is 62.8 Å². The predicted molar refractivity (Wildman–Crippen MR) is 173 cm³/mol. The number of thiazole rings is 1. The van der Waals surface area contributed by atoms with Gasteiger partial charge in [0.25, 0.3) is 5.56 Å². The number of halogens is 1. The minimum Gasteiger partial charge on any atom is -0.598 e. The molecular formula is C29H34ClN7O3S3. The van der Waals surface area contributed by atoms with Gasteiger partial charge < -0.3 is 14.2 Å². The Kier molecular flexibility index (Phi) is 8.77. The minimum absolute atomic E-state index is 0.0140. The number of hydrogen-bond donors (Lipinski definition) is 1. The van der Waals surface area contributed by atoms with E-state index in [9.17, 15) is 9.35 Å². The van der Waals surface area contributed by atoms with E-state index in [4.69, 9.17) is 21.3 Å². The molecule has 43 heavy (non-hydrogen) atoms. The molecular weight excluding hydrogens is 626 g/mol. The molecule has 3 aromatic heterocycles.